The molecule has 3 heteroatoms. The van der Waals surface area contributed by atoms with E-state index in [1.807, 2.05) is 17.4 Å². The molecule has 0 N–H and O–H groups in total. The van der Waals surface area contributed by atoms with Crippen LogP contribution in [-0.2, 0) is 0 Å². The van der Waals surface area contributed by atoms with Crippen LogP contribution < -0.4 is 4.90 Å². The molecule has 51 heavy (non-hydrogen) atoms. The summed E-state index contributed by atoms with van der Waals surface area (Å²) in [7, 11) is 0. The van der Waals surface area contributed by atoms with E-state index in [4.69, 9.17) is 4.42 Å². The highest BCUT2D eigenvalue weighted by atomic mass is 32.1. The average molecular weight is 670 g/mol. The molecule has 0 aliphatic carbocycles. The lowest BCUT2D eigenvalue weighted by Crippen LogP contribution is -2.11. The monoisotopic (exact) mass is 669 g/mol. The van der Waals surface area contributed by atoms with Crippen LogP contribution in [0.1, 0.15) is 0 Å². The number of hydrogen-bond acceptors (Lipinski definition) is 3. The fraction of sp³-hybridized carbons (Fsp3) is 0. The standard InChI is InChI=1S/C48H31NOS/c1-3-12-32(13-4-1)33-22-26-36(27-23-33)49(37-28-24-34(25-29-37)38-18-11-19-42-40-17-8-10-21-45(40)51-48(38)42)43-31-30-41-39-16-7-9-20-44(39)50-47(41)46(43)35-14-5-2-6-15-35/h1-31H. The average Bonchev–Trinajstić information content (AvgIpc) is 3.78. The molecule has 0 spiro atoms. The Balaban J connectivity index is 1.17. The van der Waals surface area contributed by atoms with Gasteiger partial charge in [-0.3, -0.25) is 0 Å². The first-order chi connectivity index (χ1) is 25.3. The second kappa shape index (κ2) is 12.2. The van der Waals surface area contributed by atoms with Gasteiger partial charge in [-0.05, 0) is 76.3 Å². The van der Waals surface area contributed by atoms with Gasteiger partial charge in [0.2, 0.25) is 0 Å². The van der Waals surface area contributed by atoms with E-state index in [2.05, 4.69) is 187 Å². The lowest BCUT2D eigenvalue weighted by Gasteiger charge is -2.28. The van der Waals surface area contributed by atoms with Gasteiger partial charge in [-0.2, -0.15) is 0 Å². The lowest BCUT2D eigenvalue weighted by atomic mass is 9.97. The van der Waals surface area contributed by atoms with Crippen LogP contribution in [0.25, 0.3) is 75.5 Å². The first-order valence-electron chi connectivity index (χ1n) is 17.3. The van der Waals surface area contributed by atoms with Crippen molar-refractivity contribution in [3.63, 3.8) is 0 Å². The molecule has 0 amide bonds. The second-order valence-electron chi connectivity index (χ2n) is 12.9. The van der Waals surface area contributed by atoms with Crippen LogP contribution in [0.2, 0.25) is 0 Å². The molecule has 0 aliphatic heterocycles. The molecular weight excluding hydrogens is 639 g/mol. The summed E-state index contributed by atoms with van der Waals surface area (Å²) in [6.45, 7) is 0. The van der Waals surface area contributed by atoms with Gasteiger partial charge in [-0.15, -0.1) is 11.3 Å². The molecule has 0 saturated carbocycles. The Kier molecular flexibility index (Phi) is 7.04. The Morgan fingerprint density at radius 2 is 0.980 bits per heavy atom. The van der Waals surface area contributed by atoms with Gasteiger partial charge in [0, 0.05) is 47.9 Å². The summed E-state index contributed by atoms with van der Waals surface area (Å²) in [4.78, 5) is 2.37. The number of fused-ring (bicyclic) bond motifs is 6. The highest BCUT2D eigenvalue weighted by Gasteiger charge is 2.23. The van der Waals surface area contributed by atoms with Gasteiger partial charge in [0.05, 0.1) is 5.69 Å². The first kappa shape index (κ1) is 29.5. The van der Waals surface area contributed by atoms with E-state index in [0.29, 0.717) is 0 Å². The number of para-hydroxylation sites is 1. The quantitative estimate of drug-likeness (QED) is 0.175. The molecule has 2 heterocycles. The summed E-state index contributed by atoms with van der Waals surface area (Å²) in [5, 5.41) is 4.86. The molecule has 2 nitrogen and oxygen atoms in total. The molecule has 2 aromatic heterocycles. The van der Waals surface area contributed by atoms with Crippen LogP contribution in [0, 0.1) is 0 Å². The third-order valence-electron chi connectivity index (χ3n) is 9.90. The van der Waals surface area contributed by atoms with E-state index in [9.17, 15) is 0 Å². The van der Waals surface area contributed by atoms with E-state index in [-0.39, 0.29) is 0 Å². The minimum atomic E-state index is 0.888. The molecule has 0 saturated heterocycles. The van der Waals surface area contributed by atoms with Gasteiger partial charge in [0.15, 0.2) is 0 Å². The summed E-state index contributed by atoms with van der Waals surface area (Å²) >= 11 is 1.87. The van der Waals surface area contributed by atoms with E-state index in [1.54, 1.807) is 0 Å². The van der Waals surface area contributed by atoms with Gasteiger partial charge in [0.25, 0.3) is 0 Å². The third-order valence-corrected chi connectivity index (χ3v) is 11.1. The third kappa shape index (κ3) is 5.01. The van der Waals surface area contributed by atoms with Crippen LogP contribution in [0.15, 0.2) is 192 Å². The SMILES string of the molecule is c1ccc(-c2ccc(N(c3ccc(-c4cccc5c4sc4ccccc45)cc3)c3ccc4c(oc5ccccc54)c3-c3ccccc3)cc2)cc1. The number of anilines is 3. The van der Waals surface area contributed by atoms with E-state index in [0.717, 1.165) is 50.1 Å². The van der Waals surface area contributed by atoms with Crippen molar-refractivity contribution in [3.05, 3.63) is 188 Å². The molecule has 0 unspecified atom stereocenters. The summed E-state index contributed by atoms with van der Waals surface area (Å²) in [5.74, 6) is 0. The Bertz CT molecular complexity index is 2830. The van der Waals surface area contributed by atoms with Crippen molar-refractivity contribution >= 4 is 70.5 Å². The van der Waals surface area contributed by atoms with Crippen LogP contribution in [0.4, 0.5) is 17.1 Å². The van der Waals surface area contributed by atoms with Crippen molar-refractivity contribution in [2.45, 2.75) is 0 Å². The highest BCUT2D eigenvalue weighted by molar-refractivity contribution is 7.26. The summed E-state index contributed by atoms with van der Waals surface area (Å²) in [6, 6.07) is 67.3. The molecule has 0 atom stereocenters. The molecule has 240 valence electrons. The van der Waals surface area contributed by atoms with Gasteiger partial charge in [-0.25, -0.2) is 0 Å². The van der Waals surface area contributed by atoms with Crippen molar-refractivity contribution in [1.82, 2.24) is 0 Å². The Hall–Kier alpha value is -6.42. The molecular formula is C48H31NOS. The van der Waals surface area contributed by atoms with Gasteiger partial charge in [-0.1, -0.05) is 140 Å². The maximum atomic E-state index is 6.69. The van der Waals surface area contributed by atoms with Gasteiger partial charge < -0.3 is 9.32 Å². The number of thiophene rings is 1. The van der Waals surface area contributed by atoms with E-state index >= 15 is 0 Å². The maximum absolute atomic E-state index is 6.69. The van der Waals surface area contributed by atoms with Crippen LogP contribution in [0.3, 0.4) is 0 Å². The minimum Gasteiger partial charge on any atom is -0.455 e. The minimum absolute atomic E-state index is 0.888. The Morgan fingerprint density at radius 3 is 1.73 bits per heavy atom. The molecule has 10 rings (SSSR count). The van der Waals surface area contributed by atoms with Crippen LogP contribution in [-0.4, -0.2) is 0 Å². The fourth-order valence-electron chi connectivity index (χ4n) is 7.47. The van der Waals surface area contributed by atoms with Crippen molar-refractivity contribution in [2.24, 2.45) is 0 Å². The lowest BCUT2D eigenvalue weighted by molar-refractivity contribution is 0.670. The number of furan rings is 1. The maximum Gasteiger partial charge on any atom is 0.145 e. The predicted octanol–water partition coefficient (Wildman–Crippen LogP) is 14.4. The molecule has 0 fully saturated rings. The van der Waals surface area contributed by atoms with Crippen LogP contribution in [0.5, 0.6) is 0 Å². The number of hydrogen-bond donors (Lipinski definition) is 0. The van der Waals surface area contributed by atoms with Gasteiger partial charge >= 0.3 is 0 Å². The van der Waals surface area contributed by atoms with Crippen LogP contribution >= 0.6 is 11.3 Å². The highest BCUT2D eigenvalue weighted by Crippen LogP contribution is 2.47. The predicted molar refractivity (Wildman–Crippen MR) is 218 cm³/mol. The fourth-order valence-corrected chi connectivity index (χ4v) is 8.71. The molecule has 0 bridgehead atoms. The van der Waals surface area contributed by atoms with Gasteiger partial charge in [0.1, 0.15) is 11.2 Å². The van der Waals surface area contributed by atoms with Crippen molar-refractivity contribution in [1.29, 1.82) is 0 Å². The molecule has 0 radical (unpaired) electrons. The van der Waals surface area contributed by atoms with Crippen molar-refractivity contribution < 1.29 is 4.42 Å². The topological polar surface area (TPSA) is 16.4 Å². The zero-order chi connectivity index (χ0) is 33.7. The zero-order valence-electron chi connectivity index (χ0n) is 27.7. The zero-order valence-corrected chi connectivity index (χ0v) is 28.5. The molecule has 10 aromatic rings. The van der Waals surface area contributed by atoms with Crippen molar-refractivity contribution in [2.75, 3.05) is 4.90 Å². The molecule has 0 aliphatic rings. The summed E-state index contributed by atoms with van der Waals surface area (Å²) in [6.07, 6.45) is 0. The number of nitrogens with zero attached hydrogens (tertiary/aromatic N) is 1. The number of benzene rings is 8. The molecule has 8 aromatic carbocycles. The smallest absolute Gasteiger partial charge is 0.145 e. The van der Waals surface area contributed by atoms with E-state index < -0.39 is 0 Å². The summed E-state index contributed by atoms with van der Waals surface area (Å²) < 4.78 is 9.33. The first-order valence-corrected chi connectivity index (χ1v) is 18.1. The van der Waals surface area contributed by atoms with Crippen molar-refractivity contribution in [3.8, 4) is 33.4 Å². The second-order valence-corrected chi connectivity index (χ2v) is 13.9. The summed E-state index contributed by atoms with van der Waals surface area (Å²) in [5.41, 5.74) is 12.0. The number of rotatable bonds is 6. The Morgan fingerprint density at radius 1 is 0.392 bits per heavy atom. The largest absolute Gasteiger partial charge is 0.455 e. The normalized spacial score (nSPS) is 11.5. The Labute approximate surface area is 300 Å². The van der Waals surface area contributed by atoms with E-state index in [1.165, 1.54) is 42.4 Å².